The lowest BCUT2D eigenvalue weighted by atomic mass is 9.94. The first kappa shape index (κ1) is 22.9. The van der Waals surface area contributed by atoms with Gasteiger partial charge in [-0.1, -0.05) is 0 Å². The molecule has 0 unspecified atom stereocenters. The predicted octanol–water partition coefficient (Wildman–Crippen LogP) is 4.39. The molecule has 1 aromatic heterocycles. The first-order valence-electron chi connectivity index (χ1n) is 9.65. The summed E-state index contributed by atoms with van der Waals surface area (Å²) in [4.78, 5) is 17.5. The lowest BCUT2D eigenvalue weighted by molar-refractivity contribution is -0.145. The number of benzene rings is 1. The molecule has 0 bridgehead atoms. The minimum absolute atomic E-state index is 0.00942. The van der Waals surface area contributed by atoms with Crippen LogP contribution in [0.2, 0.25) is 0 Å². The maximum atomic E-state index is 14.5. The van der Waals surface area contributed by atoms with Crippen LogP contribution in [0.15, 0.2) is 24.3 Å². The number of halogens is 5. The number of alkyl halides is 3. The van der Waals surface area contributed by atoms with Crippen molar-refractivity contribution >= 4 is 5.97 Å². The van der Waals surface area contributed by atoms with Crippen LogP contribution in [-0.2, 0) is 11.2 Å². The van der Waals surface area contributed by atoms with Crippen molar-refractivity contribution in [3.8, 4) is 17.0 Å². The van der Waals surface area contributed by atoms with Crippen LogP contribution >= 0.6 is 0 Å². The van der Waals surface area contributed by atoms with Crippen molar-refractivity contribution in [2.45, 2.75) is 32.0 Å². The van der Waals surface area contributed by atoms with E-state index in [9.17, 15) is 26.7 Å². The largest absolute Gasteiger partial charge is 0.473 e. The number of likely N-dealkylation sites (N-methyl/N-ethyl adjacent to an activating group) is 1. The maximum Gasteiger partial charge on any atom is 0.401 e. The zero-order chi connectivity index (χ0) is 22.8. The number of aromatic nitrogens is 1. The minimum Gasteiger partial charge on any atom is -0.473 e. The number of pyridine rings is 1. The molecule has 10 heteroatoms. The number of fused-ring (bicyclic) bond motifs is 1. The van der Waals surface area contributed by atoms with E-state index >= 15 is 0 Å². The molecule has 0 aliphatic carbocycles. The average Bonchev–Trinajstić information content (AvgIpc) is 2.65. The van der Waals surface area contributed by atoms with Crippen LogP contribution < -0.4 is 4.74 Å². The molecule has 2 heterocycles. The van der Waals surface area contributed by atoms with Gasteiger partial charge in [0.05, 0.1) is 13.2 Å². The lowest BCUT2D eigenvalue weighted by Crippen LogP contribution is -2.40. The summed E-state index contributed by atoms with van der Waals surface area (Å²) in [6.45, 7) is 0.593. The summed E-state index contributed by atoms with van der Waals surface area (Å²) in [6.07, 6.45) is -4.24. The fourth-order valence-electron chi connectivity index (χ4n) is 3.51. The van der Waals surface area contributed by atoms with E-state index in [1.165, 1.54) is 19.2 Å². The van der Waals surface area contributed by atoms with Crippen LogP contribution in [0.3, 0.4) is 0 Å². The molecule has 31 heavy (non-hydrogen) atoms. The van der Waals surface area contributed by atoms with Gasteiger partial charge in [0.15, 0.2) is 5.69 Å². The summed E-state index contributed by atoms with van der Waals surface area (Å²) in [7, 11) is 1.33. The second-order valence-electron chi connectivity index (χ2n) is 7.27. The monoisotopic (exact) mass is 444 g/mol. The van der Waals surface area contributed by atoms with Crippen molar-refractivity contribution in [3.05, 3.63) is 47.2 Å². The molecule has 1 aliphatic rings. The molecule has 0 N–H and O–H groups in total. The molecule has 0 amide bonds. The molecule has 3 rings (SSSR count). The molecule has 0 fully saturated rings. The molecular weight excluding hydrogens is 423 g/mol. The van der Waals surface area contributed by atoms with Gasteiger partial charge in [0.2, 0.25) is 5.88 Å². The number of hydrogen-bond donors (Lipinski definition) is 0. The summed E-state index contributed by atoms with van der Waals surface area (Å²) in [5.74, 6) is -2.30. The van der Waals surface area contributed by atoms with Crippen molar-refractivity contribution in [1.82, 2.24) is 9.88 Å². The highest BCUT2D eigenvalue weighted by Gasteiger charge is 2.32. The first-order valence-corrected chi connectivity index (χ1v) is 9.65. The highest BCUT2D eigenvalue weighted by atomic mass is 19.4. The third kappa shape index (κ3) is 5.69. The van der Waals surface area contributed by atoms with Crippen molar-refractivity contribution in [3.63, 3.8) is 0 Å². The van der Waals surface area contributed by atoms with Gasteiger partial charge < -0.3 is 9.47 Å². The van der Waals surface area contributed by atoms with Crippen LogP contribution in [0.25, 0.3) is 11.1 Å². The van der Waals surface area contributed by atoms with Gasteiger partial charge in [-0.25, -0.2) is 18.6 Å². The molecule has 2 aromatic rings. The number of esters is 1. The number of nitrogens with zero attached hydrogens (tertiary/aromatic N) is 2. The molecular formula is C21H21F5N2O3. The van der Waals surface area contributed by atoms with E-state index in [2.05, 4.69) is 4.98 Å². The summed E-state index contributed by atoms with van der Waals surface area (Å²) in [5.41, 5.74) is 0.714. The van der Waals surface area contributed by atoms with Gasteiger partial charge in [-0.05, 0) is 50.6 Å². The molecule has 0 radical (unpaired) electrons. The zero-order valence-corrected chi connectivity index (χ0v) is 16.9. The second kappa shape index (κ2) is 9.17. The number of carbonyl (C=O) groups excluding carboxylic acids is 1. The third-order valence-electron chi connectivity index (χ3n) is 4.75. The van der Waals surface area contributed by atoms with Gasteiger partial charge in [0.25, 0.3) is 0 Å². The number of ether oxygens (including phenoxy) is 2. The van der Waals surface area contributed by atoms with E-state index in [1.807, 2.05) is 0 Å². The second-order valence-corrected chi connectivity index (χ2v) is 7.27. The molecule has 1 aliphatic heterocycles. The van der Waals surface area contributed by atoms with Crippen LogP contribution in [-0.4, -0.2) is 54.9 Å². The lowest BCUT2D eigenvalue weighted by Gasteiger charge is -2.30. The molecule has 1 atom stereocenters. The van der Waals surface area contributed by atoms with Gasteiger partial charge >= 0.3 is 12.1 Å². The third-order valence-corrected chi connectivity index (χ3v) is 4.75. The highest BCUT2D eigenvalue weighted by molar-refractivity contribution is 5.90. The van der Waals surface area contributed by atoms with Crippen molar-refractivity contribution in [1.29, 1.82) is 0 Å². The normalized spacial score (nSPS) is 16.1. The Morgan fingerprint density at radius 2 is 2.00 bits per heavy atom. The molecule has 1 aromatic carbocycles. The van der Waals surface area contributed by atoms with E-state index in [4.69, 9.17) is 9.47 Å². The molecule has 0 spiro atoms. The van der Waals surface area contributed by atoms with E-state index in [0.717, 1.165) is 17.0 Å². The number of hydrogen-bond acceptors (Lipinski definition) is 5. The Hall–Kier alpha value is -2.75. The average molecular weight is 444 g/mol. The molecule has 168 valence electrons. The Morgan fingerprint density at radius 1 is 1.26 bits per heavy atom. The van der Waals surface area contributed by atoms with Gasteiger partial charge in [-0.3, -0.25) is 4.90 Å². The van der Waals surface area contributed by atoms with Gasteiger partial charge in [-0.15, -0.1) is 0 Å². The summed E-state index contributed by atoms with van der Waals surface area (Å²) in [6, 6.07) is 4.42. The van der Waals surface area contributed by atoms with E-state index in [0.29, 0.717) is 24.0 Å². The molecule has 5 nitrogen and oxygen atoms in total. The van der Waals surface area contributed by atoms with E-state index < -0.39 is 36.4 Å². The zero-order valence-electron chi connectivity index (χ0n) is 16.9. The Labute approximate surface area is 175 Å². The Bertz CT molecular complexity index is 965. The van der Waals surface area contributed by atoms with Crippen LogP contribution in [0, 0.1) is 11.6 Å². The predicted molar refractivity (Wildman–Crippen MR) is 102 cm³/mol. The quantitative estimate of drug-likeness (QED) is 0.489. The van der Waals surface area contributed by atoms with Gasteiger partial charge in [0.1, 0.15) is 17.7 Å². The molecule has 0 saturated carbocycles. The summed E-state index contributed by atoms with van der Waals surface area (Å²) >= 11 is 0. The Morgan fingerprint density at radius 3 is 2.65 bits per heavy atom. The number of rotatable bonds is 6. The minimum atomic E-state index is -4.34. The van der Waals surface area contributed by atoms with Crippen molar-refractivity contribution in [2.24, 2.45) is 0 Å². The Kier molecular flexibility index (Phi) is 6.78. The topological polar surface area (TPSA) is 51.7 Å². The van der Waals surface area contributed by atoms with Gasteiger partial charge in [-0.2, -0.15) is 13.2 Å². The summed E-state index contributed by atoms with van der Waals surface area (Å²) < 4.78 is 76.4. The van der Waals surface area contributed by atoms with E-state index in [1.54, 1.807) is 6.92 Å². The molecule has 0 saturated heterocycles. The van der Waals surface area contributed by atoms with Crippen LogP contribution in [0.5, 0.6) is 5.88 Å². The van der Waals surface area contributed by atoms with E-state index in [-0.39, 0.29) is 30.3 Å². The van der Waals surface area contributed by atoms with Gasteiger partial charge in [0, 0.05) is 23.7 Å². The maximum absolute atomic E-state index is 14.5. The van der Waals surface area contributed by atoms with Crippen LogP contribution in [0.1, 0.15) is 29.4 Å². The van der Waals surface area contributed by atoms with Crippen LogP contribution in [0.4, 0.5) is 22.0 Å². The fraction of sp³-hybridized carbons (Fsp3) is 0.429. The highest BCUT2D eigenvalue weighted by Crippen LogP contribution is 2.37. The standard InChI is InChI=1S/C21H21F5N2O3/c1-3-30-20(29)18-9-16(14-6-4-12(22)8-17(14)23)15-7-5-13(31-19(15)27-18)10-28(2)11-21(24,25)26/h4,6,8-9,13H,3,5,7,10-11H2,1-2H3/t13-/m1/s1. The SMILES string of the molecule is CCOC(=O)c1cc(-c2ccc(F)cc2F)c2c(n1)O[C@@H](CN(C)CC(F)(F)F)CC2. The Balaban J connectivity index is 1.96. The van der Waals surface area contributed by atoms with Crippen molar-refractivity contribution in [2.75, 3.05) is 26.7 Å². The first-order chi connectivity index (χ1) is 14.6. The summed E-state index contributed by atoms with van der Waals surface area (Å²) in [5, 5.41) is 0. The van der Waals surface area contributed by atoms with Crippen molar-refractivity contribution < 1.29 is 36.2 Å². The fourth-order valence-corrected chi connectivity index (χ4v) is 3.51. The smallest absolute Gasteiger partial charge is 0.401 e. The number of carbonyl (C=O) groups is 1.